The fourth-order valence-electron chi connectivity index (χ4n) is 1.95. The van der Waals surface area contributed by atoms with Gasteiger partial charge in [0.2, 0.25) is 5.91 Å². The lowest BCUT2D eigenvalue weighted by atomic mass is 10.1. The van der Waals surface area contributed by atoms with Crippen LogP contribution in [0, 0.1) is 0 Å². The number of carbonyl (C=O) groups excluding carboxylic acids is 2. The molecule has 6 heteroatoms. The summed E-state index contributed by atoms with van der Waals surface area (Å²) in [6, 6.07) is 4.80. The summed E-state index contributed by atoms with van der Waals surface area (Å²) < 4.78 is 0. The molecular weight excluding hydrogens is 287 g/mol. The Balaban J connectivity index is 2.03. The predicted molar refractivity (Wildman–Crippen MR) is 74.9 cm³/mol. The molecule has 1 aliphatic heterocycles. The molecule has 0 N–H and O–H groups in total. The van der Waals surface area contributed by atoms with Crippen LogP contribution in [0.15, 0.2) is 18.2 Å². The van der Waals surface area contributed by atoms with E-state index in [0.29, 0.717) is 28.7 Å². The monoisotopic (exact) mass is 300 g/mol. The van der Waals surface area contributed by atoms with E-state index in [1.807, 2.05) is 4.90 Å². The van der Waals surface area contributed by atoms with Crippen LogP contribution in [0.4, 0.5) is 0 Å². The molecule has 0 atom stereocenters. The van der Waals surface area contributed by atoms with Crippen molar-refractivity contribution in [3.8, 4) is 0 Å². The zero-order chi connectivity index (χ0) is 14.0. The number of Topliss-reactive ketones (excluding diaryl/α,β-unsaturated/α-hetero) is 1. The first-order chi connectivity index (χ1) is 8.97. The van der Waals surface area contributed by atoms with E-state index in [1.54, 1.807) is 30.1 Å². The third-order valence-corrected chi connectivity index (χ3v) is 3.68. The predicted octanol–water partition coefficient (Wildman–Crippen LogP) is 1.95. The maximum absolute atomic E-state index is 12.1. The molecule has 0 aromatic heterocycles. The van der Waals surface area contributed by atoms with Crippen LogP contribution in [-0.4, -0.2) is 54.7 Å². The molecule has 102 valence electrons. The molecule has 1 saturated heterocycles. The number of benzene rings is 1. The van der Waals surface area contributed by atoms with Crippen LogP contribution >= 0.6 is 23.2 Å². The minimum absolute atomic E-state index is 0.0289. The molecular formula is C13H14Cl2N2O2. The van der Waals surface area contributed by atoms with E-state index in [0.717, 1.165) is 0 Å². The third-order valence-electron chi connectivity index (χ3n) is 3.14. The highest BCUT2D eigenvalue weighted by Crippen LogP contribution is 2.21. The van der Waals surface area contributed by atoms with Crippen LogP contribution in [0.2, 0.25) is 10.0 Å². The van der Waals surface area contributed by atoms with Crippen molar-refractivity contribution in [1.82, 2.24) is 9.80 Å². The van der Waals surface area contributed by atoms with Crippen LogP contribution in [0.3, 0.4) is 0 Å². The van der Waals surface area contributed by atoms with Gasteiger partial charge in [0.1, 0.15) is 0 Å². The zero-order valence-electron chi connectivity index (χ0n) is 10.5. The molecule has 0 unspecified atom stereocenters. The lowest BCUT2D eigenvalue weighted by Gasteiger charge is -2.31. The Hall–Kier alpha value is -1.10. The summed E-state index contributed by atoms with van der Waals surface area (Å²) in [5.41, 5.74) is 0.442. The topological polar surface area (TPSA) is 40.6 Å². The molecule has 1 heterocycles. The molecule has 2 rings (SSSR count). The number of hydrogen-bond acceptors (Lipinski definition) is 3. The molecule has 1 aliphatic rings. The largest absolute Gasteiger partial charge is 0.343 e. The van der Waals surface area contributed by atoms with Gasteiger partial charge in [-0.25, -0.2) is 0 Å². The highest BCUT2D eigenvalue weighted by atomic mass is 35.5. The van der Waals surface area contributed by atoms with Crippen LogP contribution in [0.25, 0.3) is 0 Å². The molecule has 1 fully saturated rings. The van der Waals surface area contributed by atoms with E-state index in [9.17, 15) is 9.59 Å². The number of rotatable bonds is 3. The van der Waals surface area contributed by atoms with E-state index in [2.05, 4.69) is 0 Å². The molecule has 0 saturated carbocycles. The minimum atomic E-state index is -0.0981. The minimum Gasteiger partial charge on any atom is -0.343 e. The smallest absolute Gasteiger partial charge is 0.236 e. The first-order valence-corrected chi connectivity index (χ1v) is 6.67. The van der Waals surface area contributed by atoms with Crippen molar-refractivity contribution in [2.75, 3.05) is 33.2 Å². The number of piperazine rings is 1. The summed E-state index contributed by atoms with van der Waals surface area (Å²) >= 11 is 11.8. The Labute approximate surface area is 121 Å². The zero-order valence-corrected chi connectivity index (χ0v) is 12.0. The van der Waals surface area contributed by atoms with Gasteiger partial charge in [-0.15, -0.1) is 0 Å². The van der Waals surface area contributed by atoms with Gasteiger partial charge >= 0.3 is 0 Å². The Morgan fingerprint density at radius 2 is 2.05 bits per heavy atom. The first kappa shape index (κ1) is 14.3. The number of ketones is 1. The Bertz CT molecular complexity index is 519. The first-order valence-electron chi connectivity index (χ1n) is 5.92. The standard InChI is InChI=1S/C13H14Cl2N2O2/c1-16-4-5-17(8-13(16)19)7-12(18)10-3-2-9(14)6-11(10)15/h2-3,6H,4-5,7-8H2,1H3. The van der Waals surface area contributed by atoms with Gasteiger partial charge in [0, 0.05) is 30.7 Å². The maximum atomic E-state index is 12.1. The Kier molecular flexibility index (Phi) is 4.45. The average molecular weight is 301 g/mol. The molecule has 0 radical (unpaired) electrons. The number of amides is 1. The number of nitrogens with zero attached hydrogens (tertiary/aromatic N) is 2. The highest BCUT2D eigenvalue weighted by Gasteiger charge is 2.23. The molecule has 1 amide bonds. The molecule has 0 bridgehead atoms. The van der Waals surface area contributed by atoms with E-state index in [1.165, 1.54) is 0 Å². The number of likely N-dealkylation sites (N-methyl/N-ethyl adjacent to an activating group) is 1. The second kappa shape index (κ2) is 5.90. The van der Waals surface area contributed by atoms with Gasteiger partial charge in [-0.1, -0.05) is 23.2 Å². The second-order valence-electron chi connectivity index (χ2n) is 4.57. The van der Waals surface area contributed by atoms with Gasteiger partial charge in [-0.2, -0.15) is 0 Å². The number of halogens is 2. The average Bonchev–Trinajstić information content (AvgIpc) is 2.33. The molecule has 1 aromatic carbocycles. The van der Waals surface area contributed by atoms with Crippen LogP contribution in [0.5, 0.6) is 0 Å². The Morgan fingerprint density at radius 3 is 2.68 bits per heavy atom. The summed E-state index contributed by atoms with van der Waals surface area (Å²) in [5, 5.41) is 0.842. The fourth-order valence-corrected chi connectivity index (χ4v) is 2.46. The van der Waals surface area contributed by atoms with Crippen molar-refractivity contribution in [2.45, 2.75) is 0 Å². The van der Waals surface area contributed by atoms with Gasteiger partial charge < -0.3 is 4.90 Å². The van der Waals surface area contributed by atoms with E-state index in [-0.39, 0.29) is 24.8 Å². The number of carbonyl (C=O) groups is 2. The maximum Gasteiger partial charge on any atom is 0.236 e. The quantitative estimate of drug-likeness (QED) is 0.801. The van der Waals surface area contributed by atoms with Gasteiger partial charge in [-0.05, 0) is 18.2 Å². The van der Waals surface area contributed by atoms with Gasteiger partial charge in [0.25, 0.3) is 0 Å². The molecule has 19 heavy (non-hydrogen) atoms. The van der Waals surface area contributed by atoms with Crippen molar-refractivity contribution in [3.05, 3.63) is 33.8 Å². The molecule has 1 aromatic rings. The summed E-state index contributed by atoms with van der Waals surface area (Å²) in [6.07, 6.45) is 0. The normalized spacial score (nSPS) is 16.8. The Morgan fingerprint density at radius 1 is 1.32 bits per heavy atom. The van der Waals surface area contributed by atoms with E-state index in [4.69, 9.17) is 23.2 Å². The van der Waals surface area contributed by atoms with Crippen molar-refractivity contribution in [1.29, 1.82) is 0 Å². The van der Waals surface area contributed by atoms with Gasteiger partial charge in [0.05, 0.1) is 18.1 Å². The van der Waals surface area contributed by atoms with Crippen LogP contribution < -0.4 is 0 Å². The van der Waals surface area contributed by atoms with Crippen molar-refractivity contribution >= 4 is 34.9 Å². The molecule has 4 nitrogen and oxygen atoms in total. The third kappa shape index (κ3) is 3.47. The van der Waals surface area contributed by atoms with E-state index >= 15 is 0 Å². The summed E-state index contributed by atoms with van der Waals surface area (Å²) in [4.78, 5) is 27.2. The van der Waals surface area contributed by atoms with Crippen LogP contribution in [0.1, 0.15) is 10.4 Å². The lowest BCUT2D eigenvalue weighted by molar-refractivity contribution is -0.134. The highest BCUT2D eigenvalue weighted by molar-refractivity contribution is 6.36. The second-order valence-corrected chi connectivity index (χ2v) is 5.42. The van der Waals surface area contributed by atoms with E-state index < -0.39 is 0 Å². The van der Waals surface area contributed by atoms with Crippen molar-refractivity contribution in [2.24, 2.45) is 0 Å². The summed E-state index contributed by atoms with van der Waals surface area (Å²) in [7, 11) is 1.76. The van der Waals surface area contributed by atoms with Gasteiger partial charge in [-0.3, -0.25) is 14.5 Å². The summed E-state index contributed by atoms with van der Waals surface area (Å²) in [5.74, 6) is -0.0692. The molecule has 0 spiro atoms. The van der Waals surface area contributed by atoms with Crippen molar-refractivity contribution in [3.63, 3.8) is 0 Å². The fraction of sp³-hybridized carbons (Fsp3) is 0.385. The SMILES string of the molecule is CN1CCN(CC(=O)c2ccc(Cl)cc2Cl)CC1=O. The van der Waals surface area contributed by atoms with Crippen molar-refractivity contribution < 1.29 is 9.59 Å². The van der Waals surface area contributed by atoms with Gasteiger partial charge in [0.15, 0.2) is 5.78 Å². The van der Waals surface area contributed by atoms with Crippen LogP contribution in [-0.2, 0) is 4.79 Å². The summed E-state index contributed by atoms with van der Waals surface area (Å²) in [6.45, 7) is 1.80. The lowest BCUT2D eigenvalue weighted by Crippen LogP contribution is -2.49. The number of hydrogen-bond donors (Lipinski definition) is 0. The molecule has 0 aliphatic carbocycles.